The molecular weight excluding hydrogens is 506 g/mol. The number of hydrogen-bond donors (Lipinski definition) is 0. The number of benzene rings is 1. The molecule has 1 aliphatic heterocycles. The van der Waals surface area contributed by atoms with Crippen LogP contribution in [-0.2, 0) is 10.0 Å². The minimum atomic E-state index is -3.61. The van der Waals surface area contributed by atoms with Crippen molar-refractivity contribution >= 4 is 26.0 Å². The molecule has 1 saturated heterocycles. The Morgan fingerprint density at radius 3 is 2.21 bits per heavy atom. The van der Waals surface area contributed by atoms with Crippen LogP contribution in [0.15, 0.2) is 70.4 Å². The molecule has 176 valence electrons. The Balaban J connectivity index is 0.000000286. The van der Waals surface area contributed by atoms with Crippen LogP contribution in [0.2, 0.25) is 0 Å². The molecule has 1 fully saturated rings. The van der Waals surface area contributed by atoms with Gasteiger partial charge in [0, 0.05) is 43.0 Å². The molecule has 0 bridgehead atoms. The number of sulfonamides is 1. The van der Waals surface area contributed by atoms with Crippen molar-refractivity contribution in [1.82, 2.24) is 14.3 Å². The van der Waals surface area contributed by atoms with Gasteiger partial charge in [0.05, 0.1) is 19.9 Å². The molecule has 7 nitrogen and oxygen atoms in total. The maximum absolute atomic E-state index is 13.0. The van der Waals surface area contributed by atoms with Gasteiger partial charge in [-0.15, -0.1) is 0 Å². The van der Waals surface area contributed by atoms with Crippen LogP contribution in [0.5, 0.6) is 11.5 Å². The Labute approximate surface area is 204 Å². The van der Waals surface area contributed by atoms with E-state index < -0.39 is 10.0 Å². The summed E-state index contributed by atoms with van der Waals surface area (Å²) in [6, 6.07) is 16.4. The zero-order chi connectivity index (χ0) is 23.8. The lowest BCUT2D eigenvalue weighted by molar-refractivity contribution is 0.287. The van der Waals surface area contributed by atoms with E-state index in [0.29, 0.717) is 30.5 Å². The summed E-state index contributed by atoms with van der Waals surface area (Å²) in [6.07, 6.45) is 3.45. The van der Waals surface area contributed by atoms with Gasteiger partial charge in [-0.3, -0.25) is 0 Å². The standard InChI is InChI=1S/C18H22N2O3S.C6H6BrNO/c1-14-8-10-20(11-9-14)24(21,22)18-13-16(23-2)12-17(19-18)15-6-4-3-5-7-15;1-9-5-2-3-8-6(7)4-5/h3-7,12-14H,8-11H2,1-2H3;2-4H,1H3. The van der Waals surface area contributed by atoms with Crippen LogP contribution in [0.3, 0.4) is 0 Å². The van der Waals surface area contributed by atoms with Gasteiger partial charge >= 0.3 is 0 Å². The van der Waals surface area contributed by atoms with Gasteiger partial charge in [-0.25, -0.2) is 18.4 Å². The molecule has 1 aliphatic rings. The monoisotopic (exact) mass is 533 g/mol. The number of methoxy groups -OCH3 is 2. The molecule has 0 aliphatic carbocycles. The molecule has 0 spiro atoms. The molecule has 4 rings (SSSR count). The minimum absolute atomic E-state index is 0.0512. The maximum atomic E-state index is 13.0. The minimum Gasteiger partial charge on any atom is -0.497 e. The van der Waals surface area contributed by atoms with E-state index in [-0.39, 0.29) is 5.03 Å². The summed E-state index contributed by atoms with van der Waals surface area (Å²) >= 11 is 3.21. The Kier molecular flexibility index (Phi) is 8.82. The predicted octanol–water partition coefficient (Wildman–Crippen LogP) is 5.03. The number of pyridine rings is 2. The van der Waals surface area contributed by atoms with E-state index in [0.717, 1.165) is 28.8 Å². The first-order chi connectivity index (χ1) is 15.8. The molecule has 3 heterocycles. The number of hydrogen-bond acceptors (Lipinski definition) is 6. The van der Waals surface area contributed by atoms with E-state index in [1.165, 1.54) is 17.5 Å². The van der Waals surface area contributed by atoms with Gasteiger partial charge in [0.25, 0.3) is 10.0 Å². The normalized spacial score (nSPS) is 14.8. The van der Waals surface area contributed by atoms with E-state index in [1.54, 1.807) is 31.5 Å². The zero-order valence-electron chi connectivity index (χ0n) is 18.9. The van der Waals surface area contributed by atoms with Gasteiger partial charge in [-0.05, 0) is 40.8 Å². The lowest BCUT2D eigenvalue weighted by Gasteiger charge is -2.29. The molecule has 9 heteroatoms. The van der Waals surface area contributed by atoms with Crippen molar-refractivity contribution in [2.24, 2.45) is 5.92 Å². The molecule has 33 heavy (non-hydrogen) atoms. The topological polar surface area (TPSA) is 81.6 Å². The second kappa shape index (κ2) is 11.6. The van der Waals surface area contributed by atoms with Crippen LogP contribution in [0, 0.1) is 5.92 Å². The second-order valence-corrected chi connectivity index (χ2v) is 10.4. The van der Waals surface area contributed by atoms with Crippen molar-refractivity contribution in [1.29, 1.82) is 0 Å². The van der Waals surface area contributed by atoms with Crippen LogP contribution >= 0.6 is 15.9 Å². The fourth-order valence-electron chi connectivity index (χ4n) is 3.36. The largest absolute Gasteiger partial charge is 0.497 e. The summed E-state index contributed by atoms with van der Waals surface area (Å²) in [6.45, 7) is 3.24. The Hall–Kier alpha value is -2.49. The summed E-state index contributed by atoms with van der Waals surface area (Å²) in [5, 5.41) is 0.0512. The summed E-state index contributed by atoms with van der Waals surface area (Å²) in [5.74, 6) is 1.87. The number of nitrogens with zero attached hydrogens (tertiary/aromatic N) is 3. The summed E-state index contributed by atoms with van der Waals surface area (Å²) in [5.41, 5.74) is 1.46. The van der Waals surface area contributed by atoms with Gasteiger partial charge in [-0.1, -0.05) is 37.3 Å². The Morgan fingerprint density at radius 2 is 1.64 bits per heavy atom. The van der Waals surface area contributed by atoms with Crippen molar-refractivity contribution in [3.05, 3.63) is 65.4 Å². The molecule has 0 saturated carbocycles. The van der Waals surface area contributed by atoms with Gasteiger partial charge in [0.15, 0.2) is 5.03 Å². The molecule has 0 radical (unpaired) electrons. The van der Waals surface area contributed by atoms with Gasteiger partial charge < -0.3 is 9.47 Å². The van der Waals surface area contributed by atoms with Gasteiger partial charge in [0.2, 0.25) is 0 Å². The maximum Gasteiger partial charge on any atom is 0.260 e. The average Bonchev–Trinajstić information content (AvgIpc) is 2.85. The second-order valence-electron chi connectivity index (χ2n) is 7.70. The highest BCUT2D eigenvalue weighted by atomic mass is 79.9. The highest BCUT2D eigenvalue weighted by Crippen LogP contribution is 2.28. The summed E-state index contributed by atoms with van der Waals surface area (Å²) < 4.78 is 38.5. The van der Waals surface area contributed by atoms with Crippen molar-refractivity contribution in [2.45, 2.75) is 24.8 Å². The lowest BCUT2D eigenvalue weighted by atomic mass is 10.0. The van der Waals surface area contributed by atoms with Gasteiger partial charge in [-0.2, -0.15) is 4.31 Å². The van der Waals surface area contributed by atoms with E-state index >= 15 is 0 Å². The average molecular weight is 534 g/mol. The number of ether oxygens (including phenoxy) is 2. The van der Waals surface area contributed by atoms with Crippen LogP contribution in [0.25, 0.3) is 11.3 Å². The molecule has 3 aromatic rings. The van der Waals surface area contributed by atoms with Crippen molar-refractivity contribution in [3.63, 3.8) is 0 Å². The van der Waals surface area contributed by atoms with E-state index in [2.05, 4.69) is 32.8 Å². The first kappa shape index (κ1) is 25.1. The van der Waals surface area contributed by atoms with Crippen LogP contribution in [-0.4, -0.2) is 50.0 Å². The molecule has 0 amide bonds. The highest BCUT2D eigenvalue weighted by molar-refractivity contribution is 9.10. The fourth-order valence-corrected chi connectivity index (χ4v) is 5.14. The highest BCUT2D eigenvalue weighted by Gasteiger charge is 2.30. The Bertz CT molecular complexity index is 1150. The fraction of sp³-hybridized carbons (Fsp3) is 0.333. The van der Waals surface area contributed by atoms with Crippen LogP contribution in [0.1, 0.15) is 19.8 Å². The van der Waals surface area contributed by atoms with E-state index in [1.807, 2.05) is 30.3 Å². The molecule has 0 N–H and O–H groups in total. The SMILES string of the molecule is COc1cc(-c2ccccc2)nc(S(=O)(=O)N2CCC(C)CC2)c1.COc1ccnc(Br)c1. The van der Waals surface area contributed by atoms with E-state index in [9.17, 15) is 8.42 Å². The number of rotatable bonds is 5. The number of halogens is 1. The third-order valence-corrected chi connectivity index (χ3v) is 7.58. The number of piperidine rings is 1. The van der Waals surface area contributed by atoms with E-state index in [4.69, 9.17) is 9.47 Å². The molecule has 0 atom stereocenters. The summed E-state index contributed by atoms with van der Waals surface area (Å²) in [7, 11) is -0.449. The quantitative estimate of drug-likeness (QED) is 0.427. The first-order valence-electron chi connectivity index (χ1n) is 10.6. The smallest absolute Gasteiger partial charge is 0.260 e. The third kappa shape index (κ3) is 6.75. The molecule has 2 aromatic heterocycles. The first-order valence-corrected chi connectivity index (χ1v) is 12.8. The molecular formula is C24H28BrN3O4S. The molecule has 1 aromatic carbocycles. The van der Waals surface area contributed by atoms with Gasteiger partial charge in [0.1, 0.15) is 16.1 Å². The Morgan fingerprint density at radius 1 is 0.970 bits per heavy atom. The zero-order valence-corrected chi connectivity index (χ0v) is 21.3. The number of aromatic nitrogens is 2. The van der Waals surface area contributed by atoms with Crippen molar-refractivity contribution in [2.75, 3.05) is 27.3 Å². The van der Waals surface area contributed by atoms with Crippen molar-refractivity contribution in [3.8, 4) is 22.8 Å². The third-order valence-electron chi connectivity index (χ3n) is 5.36. The lowest BCUT2D eigenvalue weighted by Crippen LogP contribution is -2.38. The molecule has 0 unspecified atom stereocenters. The summed E-state index contributed by atoms with van der Waals surface area (Å²) in [4.78, 5) is 8.33. The van der Waals surface area contributed by atoms with Crippen LogP contribution < -0.4 is 9.47 Å². The van der Waals surface area contributed by atoms with Crippen LogP contribution in [0.4, 0.5) is 0 Å². The van der Waals surface area contributed by atoms with Crippen molar-refractivity contribution < 1.29 is 17.9 Å². The predicted molar refractivity (Wildman–Crippen MR) is 132 cm³/mol.